The third kappa shape index (κ3) is 4.06. The lowest BCUT2D eigenvalue weighted by Gasteiger charge is -2.25. The van der Waals surface area contributed by atoms with Crippen LogP contribution in [-0.4, -0.2) is 42.2 Å². The summed E-state index contributed by atoms with van der Waals surface area (Å²) in [5, 5.41) is 3.50. The molecule has 0 bridgehead atoms. The average Bonchev–Trinajstić information content (AvgIpc) is 2.88. The molecule has 0 aliphatic carbocycles. The zero-order valence-corrected chi connectivity index (χ0v) is 13.2. The molecule has 2 aromatic rings. The summed E-state index contributed by atoms with van der Waals surface area (Å²) < 4.78 is 7.34. The number of hydrogen-bond donors (Lipinski definition) is 1. The summed E-state index contributed by atoms with van der Waals surface area (Å²) in [6.07, 6.45) is 3.71. The summed E-state index contributed by atoms with van der Waals surface area (Å²) >= 11 is 0. The van der Waals surface area contributed by atoms with E-state index in [1.54, 1.807) is 7.11 Å². The first kappa shape index (κ1) is 15.5. The Morgan fingerprint density at radius 2 is 2.19 bits per heavy atom. The van der Waals surface area contributed by atoms with E-state index in [-0.39, 0.29) is 0 Å². The highest BCUT2D eigenvalue weighted by atomic mass is 16.5. The van der Waals surface area contributed by atoms with Crippen molar-refractivity contribution in [3.05, 3.63) is 48.0 Å². The van der Waals surface area contributed by atoms with Crippen LogP contribution >= 0.6 is 0 Å². The van der Waals surface area contributed by atoms with E-state index in [0.717, 1.165) is 18.8 Å². The fourth-order valence-corrected chi connectivity index (χ4v) is 2.34. The van der Waals surface area contributed by atoms with Gasteiger partial charge in [0, 0.05) is 32.4 Å². The summed E-state index contributed by atoms with van der Waals surface area (Å²) in [6.45, 7) is 1.68. The minimum atomic E-state index is 0.299. The van der Waals surface area contributed by atoms with E-state index in [0.29, 0.717) is 6.04 Å². The smallest absolute Gasteiger partial charge is 0.119 e. The van der Waals surface area contributed by atoms with Gasteiger partial charge in [-0.15, -0.1) is 0 Å². The van der Waals surface area contributed by atoms with Crippen LogP contribution in [0.2, 0.25) is 0 Å². The molecule has 1 aromatic carbocycles. The van der Waals surface area contributed by atoms with E-state index < -0.39 is 0 Å². The van der Waals surface area contributed by atoms with Crippen LogP contribution in [0.15, 0.2) is 36.8 Å². The summed E-state index contributed by atoms with van der Waals surface area (Å²) in [4.78, 5) is 6.34. The Morgan fingerprint density at radius 1 is 1.38 bits per heavy atom. The van der Waals surface area contributed by atoms with Gasteiger partial charge in [0.05, 0.1) is 19.1 Å². The Kier molecular flexibility index (Phi) is 5.36. The van der Waals surface area contributed by atoms with Gasteiger partial charge < -0.3 is 19.5 Å². The molecule has 1 N–H and O–H groups in total. The fourth-order valence-electron chi connectivity index (χ4n) is 2.34. The van der Waals surface area contributed by atoms with Gasteiger partial charge >= 0.3 is 0 Å². The Morgan fingerprint density at radius 3 is 2.81 bits per heavy atom. The van der Waals surface area contributed by atoms with Crippen LogP contribution in [0.25, 0.3) is 0 Å². The van der Waals surface area contributed by atoms with Crippen molar-refractivity contribution < 1.29 is 4.74 Å². The van der Waals surface area contributed by atoms with E-state index in [1.165, 1.54) is 11.3 Å². The Balaban J connectivity index is 2.00. The van der Waals surface area contributed by atoms with Gasteiger partial charge in [0.2, 0.25) is 0 Å². The highest BCUT2D eigenvalue weighted by molar-refractivity contribution is 5.30. The van der Waals surface area contributed by atoms with Gasteiger partial charge in [-0.25, -0.2) is 4.98 Å². The highest BCUT2D eigenvalue weighted by Crippen LogP contribution is 2.22. The maximum atomic E-state index is 5.31. The molecule has 0 saturated carbocycles. The Bertz CT molecular complexity index is 565. The van der Waals surface area contributed by atoms with Gasteiger partial charge in [-0.05, 0) is 31.8 Å². The van der Waals surface area contributed by atoms with E-state index in [2.05, 4.69) is 41.4 Å². The molecule has 114 valence electrons. The minimum absolute atomic E-state index is 0.299. The number of methoxy groups -OCH3 is 1. The normalized spacial score (nSPS) is 12.6. The van der Waals surface area contributed by atoms with E-state index in [4.69, 9.17) is 4.74 Å². The number of likely N-dealkylation sites (N-methyl/N-ethyl adjacent to an activating group) is 1. The predicted molar refractivity (Wildman–Crippen MR) is 84.3 cm³/mol. The van der Waals surface area contributed by atoms with Crippen molar-refractivity contribution in [2.24, 2.45) is 7.05 Å². The molecule has 1 aromatic heterocycles. The first-order valence-corrected chi connectivity index (χ1v) is 7.08. The number of nitrogens with zero attached hydrogens (tertiary/aromatic N) is 3. The maximum absolute atomic E-state index is 5.31. The second-order valence-corrected chi connectivity index (χ2v) is 5.38. The predicted octanol–water partition coefficient (Wildman–Crippen LogP) is 1.82. The van der Waals surface area contributed by atoms with E-state index in [9.17, 15) is 0 Å². The molecule has 1 heterocycles. The van der Waals surface area contributed by atoms with Crippen molar-refractivity contribution in [1.29, 1.82) is 0 Å². The second-order valence-electron chi connectivity index (χ2n) is 5.38. The first-order valence-electron chi connectivity index (χ1n) is 7.08. The molecule has 2 rings (SSSR count). The number of imidazole rings is 1. The van der Waals surface area contributed by atoms with Crippen molar-refractivity contribution in [2.75, 3.05) is 27.7 Å². The number of aromatic nitrogens is 2. The number of ether oxygens (including phenoxy) is 1. The lowest BCUT2D eigenvalue weighted by atomic mass is 10.1. The summed E-state index contributed by atoms with van der Waals surface area (Å²) in [5.74, 6) is 0.894. The molecule has 0 fully saturated rings. The summed E-state index contributed by atoms with van der Waals surface area (Å²) in [6, 6.07) is 8.54. The minimum Gasteiger partial charge on any atom is -0.497 e. The van der Waals surface area contributed by atoms with Crippen molar-refractivity contribution in [3.8, 4) is 5.75 Å². The maximum Gasteiger partial charge on any atom is 0.119 e. The molecule has 5 heteroatoms. The van der Waals surface area contributed by atoms with Gasteiger partial charge in [-0.3, -0.25) is 0 Å². The van der Waals surface area contributed by atoms with Crippen LogP contribution in [-0.2, 0) is 13.6 Å². The van der Waals surface area contributed by atoms with Gasteiger partial charge in [-0.1, -0.05) is 12.1 Å². The molecule has 1 unspecified atom stereocenters. The highest BCUT2D eigenvalue weighted by Gasteiger charge is 2.14. The molecule has 0 saturated heterocycles. The van der Waals surface area contributed by atoms with Crippen LogP contribution in [0.1, 0.15) is 17.3 Å². The van der Waals surface area contributed by atoms with Crippen molar-refractivity contribution >= 4 is 0 Å². The SMILES string of the molecule is COc1cccc(C(CNCc2cncn2C)N(C)C)c1. The Labute approximate surface area is 126 Å². The molecule has 0 amide bonds. The van der Waals surface area contributed by atoms with Crippen LogP contribution in [0.3, 0.4) is 0 Å². The van der Waals surface area contributed by atoms with Crippen LogP contribution in [0.4, 0.5) is 0 Å². The zero-order chi connectivity index (χ0) is 15.2. The zero-order valence-electron chi connectivity index (χ0n) is 13.2. The molecule has 21 heavy (non-hydrogen) atoms. The third-order valence-corrected chi connectivity index (χ3v) is 3.66. The number of benzene rings is 1. The molecule has 1 atom stereocenters. The third-order valence-electron chi connectivity index (χ3n) is 3.66. The van der Waals surface area contributed by atoms with E-state index >= 15 is 0 Å². The molecule has 0 radical (unpaired) electrons. The molecule has 0 spiro atoms. The van der Waals surface area contributed by atoms with E-state index in [1.807, 2.05) is 36.3 Å². The van der Waals surface area contributed by atoms with Gasteiger partial charge in [0.15, 0.2) is 0 Å². The quantitative estimate of drug-likeness (QED) is 0.844. The van der Waals surface area contributed by atoms with Gasteiger partial charge in [0.1, 0.15) is 5.75 Å². The van der Waals surface area contributed by atoms with Crippen LogP contribution < -0.4 is 10.1 Å². The largest absolute Gasteiger partial charge is 0.497 e. The van der Waals surface area contributed by atoms with Gasteiger partial charge in [-0.2, -0.15) is 0 Å². The monoisotopic (exact) mass is 288 g/mol. The van der Waals surface area contributed by atoms with Crippen LogP contribution in [0, 0.1) is 0 Å². The topological polar surface area (TPSA) is 42.3 Å². The number of aryl methyl sites for hydroxylation is 1. The molecular weight excluding hydrogens is 264 g/mol. The van der Waals surface area contributed by atoms with Crippen molar-refractivity contribution in [1.82, 2.24) is 19.8 Å². The molecule has 5 nitrogen and oxygen atoms in total. The van der Waals surface area contributed by atoms with Crippen molar-refractivity contribution in [2.45, 2.75) is 12.6 Å². The number of nitrogens with one attached hydrogen (secondary N) is 1. The lowest BCUT2D eigenvalue weighted by Crippen LogP contribution is -2.31. The van der Waals surface area contributed by atoms with Crippen molar-refractivity contribution in [3.63, 3.8) is 0 Å². The molecule has 0 aliphatic rings. The lowest BCUT2D eigenvalue weighted by molar-refractivity contribution is 0.287. The standard InChI is InChI=1S/C16H24N4O/c1-19(2)16(13-6-5-7-15(8-13)21-4)11-17-9-14-10-18-12-20(14)3/h5-8,10,12,16-17H,9,11H2,1-4H3. The molecular formula is C16H24N4O. The summed E-state index contributed by atoms with van der Waals surface area (Å²) in [7, 11) is 7.89. The average molecular weight is 288 g/mol. The Hall–Kier alpha value is -1.85. The fraction of sp³-hybridized carbons (Fsp3) is 0.438. The number of hydrogen-bond acceptors (Lipinski definition) is 4. The van der Waals surface area contributed by atoms with Crippen LogP contribution in [0.5, 0.6) is 5.75 Å². The summed E-state index contributed by atoms with van der Waals surface area (Å²) in [5.41, 5.74) is 2.43. The second kappa shape index (κ2) is 7.24. The first-order chi connectivity index (χ1) is 10.1. The number of rotatable bonds is 7. The molecule has 0 aliphatic heterocycles. The van der Waals surface area contributed by atoms with Gasteiger partial charge in [0.25, 0.3) is 0 Å².